The van der Waals surface area contributed by atoms with Gasteiger partial charge in [0.2, 0.25) is 5.88 Å². The first-order valence-electron chi connectivity index (χ1n) is 11.3. The smallest absolute Gasteiger partial charge is 0.300 e. The molecule has 0 aliphatic carbocycles. The van der Waals surface area contributed by atoms with Crippen molar-refractivity contribution in [2.75, 3.05) is 0 Å². The molecule has 0 aliphatic heterocycles. The Labute approximate surface area is 230 Å². The van der Waals surface area contributed by atoms with Gasteiger partial charge < -0.3 is 14.8 Å². The van der Waals surface area contributed by atoms with E-state index in [2.05, 4.69) is 27.5 Å². The van der Waals surface area contributed by atoms with E-state index in [0.29, 0.717) is 23.0 Å². The first kappa shape index (κ1) is 23.3. The van der Waals surface area contributed by atoms with Gasteiger partial charge in [0.15, 0.2) is 0 Å². The molecule has 0 saturated heterocycles. The molecule has 3 aromatic carbocycles. The molecule has 8 heteroatoms. The number of para-hydroxylation sites is 2. The number of pyridine rings is 2. The van der Waals surface area contributed by atoms with Crippen LogP contribution in [0.3, 0.4) is 0 Å². The molecule has 0 spiro atoms. The molecular formula is C29H17N4O2PtS-. The Morgan fingerprint density at radius 1 is 0.865 bits per heavy atom. The van der Waals surface area contributed by atoms with Gasteiger partial charge in [0.05, 0.1) is 11.0 Å². The summed E-state index contributed by atoms with van der Waals surface area (Å²) in [7, 11) is 0. The summed E-state index contributed by atoms with van der Waals surface area (Å²) < 4.78 is 9.06. The van der Waals surface area contributed by atoms with Gasteiger partial charge in [-0.15, -0.1) is 23.8 Å². The summed E-state index contributed by atoms with van der Waals surface area (Å²) in [5.74, 6) is 1.45. The van der Waals surface area contributed by atoms with Crippen LogP contribution in [-0.2, 0) is 21.1 Å². The van der Waals surface area contributed by atoms with Gasteiger partial charge >= 0.3 is 6.01 Å². The number of hydrogen-bond acceptors (Lipinski definition) is 6. The predicted molar refractivity (Wildman–Crippen MR) is 142 cm³/mol. The van der Waals surface area contributed by atoms with Gasteiger partial charge in [0.25, 0.3) is 0 Å². The van der Waals surface area contributed by atoms with Crippen LogP contribution in [0.15, 0.2) is 96.5 Å². The summed E-state index contributed by atoms with van der Waals surface area (Å²) in [4.78, 5) is 13.7. The maximum atomic E-state index is 10.6. The second-order valence-electron chi connectivity index (χ2n) is 8.27. The molecule has 7 rings (SSSR count). The molecule has 7 aromatic rings. The predicted octanol–water partition coefficient (Wildman–Crippen LogP) is 7.15. The van der Waals surface area contributed by atoms with Crippen molar-refractivity contribution in [3.8, 4) is 34.7 Å². The van der Waals surface area contributed by atoms with Gasteiger partial charge in [-0.2, -0.15) is 21.3 Å². The number of aromatic hydroxyl groups is 1. The molecule has 0 radical (unpaired) electrons. The molecular weight excluding hydrogens is 663 g/mol. The van der Waals surface area contributed by atoms with Crippen LogP contribution in [0.25, 0.3) is 49.0 Å². The van der Waals surface area contributed by atoms with Crippen LogP contribution in [0.5, 0.6) is 17.6 Å². The maximum absolute atomic E-state index is 10.6. The zero-order chi connectivity index (χ0) is 24.1. The molecule has 0 saturated carbocycles. The Morgan fingerprint density at radius 2 is 1.73 bits per heavy atom. The Balaban J connectivity index is 0.00000252. The van der Waals surface area contributed by atoms with E-state index in [1.165, 1.54) is 0 Å². The third-order valence-electron chi connectivity index (χ3n) is 6.06. The molecule has 0 amide bonds. The number of benzene rings is 3. The average molecular weight is 681 g/mol. The number of hydrogen-bond donors (Lipinski definition) is 1. The molecule has 0 atom stereocenters. The molecule has 4 heterocycles. The summed E-state index contributed by atoms with van der Waals surface area (Å²) in [5, 5.41) is 15.6. The quantitative estimate of drug-likeness (QED) is 0.200. The van der Waals surface area contributed by atoms with Gasteiger partial charge in [-0.05, 0) is 52.6 Å². The number of thiophene rings is 1. The Hall–Kier alpha value is -4.06. The zero-order valence-electron chi connectivity index (χ0n) is 19.1. The van der Waals surface area contributed by atoms with Gasteiger partial charge in [0.1, 0.15) is 5.82 Å². The second kappa shape index (κ2) is 9.43. The largest absolute Gasteiger partial charge is 0.480 e. The molecule has 4 aromatic heterocycles. The van der Waals surface area contributed by atoms with Gasteiger partial charge in [-0.1, -0.05) is 36.4 Å². The molecule has 37 heavy (non-hydrogen) atoms. The van der Waals surface area contributed by atoms with Crippen LogP contribution in [0, 0.1) is 6.07 Å². The zero-order valence-corrected chi connectivity index (χ0v) is 22.2. The summed E-state index contributed by atoms with van der Waals surface area (Å²) in [6, 6.07) is 30.4. The van der Waals surface area contributed by atoms with Crippen LogP contribution in [-0.4, -0.2) is 24.6 Å². The number of ether oxygens (including phenoxy) is 1. The normalized spacial score (nSPS) is 11.1. The fraction of sp³-hybridized carbons (Fsp3) is 0. The topological polar surface area (TPSA) is 73.1 Å². The number of fused-ring (bicyclic) bond motifs is 3. The first-order chi connectivity index (χ1) is 17.7. The standard InChI is InChI=1S/C29H17N4O2S.Pt/c34-29-31-23-10-3-4-11-24(23)33(29)25-17-19-6-1-2-9-22(19)28(32-25)35-21-8-5-7-20(16-21)26-27-18(12-14-30-26)13-15-36-27;/h1-15,17H,(H,31,34);/q-1;. The number of nitrogens with zero attached hydrogens (tertiary/aromatic N) is 4. The van der Waals surface area contributed by atoms with E-state index >= 15 is 0 Å². The van der Waals surface area contributed by atoms with Crippen molar-refractivity contribution in [2.24, 2.45) is 0 Å². The summed E-state index contributed by atoms with van der Waals surface area (Å²) >= 11 is 1.66. The second-order valence-corrected chi connectivity index (χ2v) is 9.19. The van der Waals surface area contributed by atoms with Crippen molar-refractivity contribution in [2.45, 2.75) is 0 Å². The third kappa shape index (κ3) is 4.06. The summed E-state index contributed by atoms with van der Waals surface area (Å²) in [6.45, 7) is 0. The van der Waals surface area contributed by atoms with Crippen LogP contribution >= 0.6 is 11.3 Å². The fourth-order valence-corrected chi connectivity index (χ4v) is 5.32. The molecule has 1 N–H and O–H groups in total. The SMILES string of the molecule is Oc1nc2ccccc2n1-c1cc2ccccc2c(Oc2[c-]c(-c3nccc4ccsc34)ccc2)n1.[Pt]. The van der Waals surface area contributed by atoms with Crippen molar-refractivity contribution in [3.05, 3.63) is 103 Å². The number of rotatable bonds is 4. The molecule has 0 bridgehead atoms. The monoisotopic (exact) mass is 680 g/mol. The number of aromatic nitrogens is 4. The molecule has 0 unspecified atom stereocenters. The minimum Gasteiger partial charge on any atom is -0.480 e. The van der Waals surface area contributed by atoms with E-state index in [0.717, 1.165) is 37.6 Å². The van der Waals surface area contributed by atoms with Gasteiger partial charge in [0, 0.05) is 48.8 Å². The van der Waals surface area contributed by atoms with Crippen LogP contribution in [0.2, 0.25) is 0 Å². The summed E-state index contributed by atoms with van der Waals surface area (Å²) in [6.07, 6.45) is 1.81. The Kier molecular flexibility index (Phi) is 5.95. The number of imidazole rings is 1. The van der Waals surface area contributed by atoms with E-state index in [4.69, 9.17) is 9.72 Å². The molecule has 0 aliphatic rings. The van der Waals surface area contributed by atoms with Gasteiger partial charge in [-0.25, -0.2) is 4.57 Å². The average Bonchev–Trinajstić information content (AvgIpc) is 3.52. The van der Waals surface area contributed by atoms with E-state index in [1.807, 2.05) is 85.1 Å². The Morgan fingerprint density at radius 3 is 2.68 bits per heavy atom. The van der Waals surface area contributed by atoms with E-state index in [-0.39, 0.29) is 27.1 Å². The minimum atomic E-state index is -0.131. The van der Waals surface area contributed by atoms with Crippen molar-refractivity contribution in [3.63, 3.8) is 0 Å². The summed E-state index contributed by atoms with van der Waals surface area (Å²) in [5.41, 5.74) is 3.16. The maximum Gasteiger partial charge on any atom is 0.300 e. The molecule has 182 valence electrons. The van der Waals surface area contributed by atoms with Crippen LogP contribution in [0.1, 0.15) is 0 Å². The van der Waals surface area contributed by atoms with Crippen LogP contribution < -0.4 is 4.74 Å². The van der Waals surface area contributed by atoms with Crippen LogP contribution in [0.4, 0.5) is 0 Å². The van der Waals surface area contributed by atoms with E-state index < -0.39 is 0 Å². The van der Waals surface area contributed by atoms with Gasteiger partial charge in [-0.3, -0.25) is 0 Å². The van der Waals surface area contributed by atoms with E-state index in [1.54, 1.807) is 15.9 Å². The molecule has 6 nitrogen and oxygen atoms in total. The van der Waals surface area contributed by atoms with E-state index in [9.17, 15) is 5.11 Å². The van der Waals surface area contributed by atoms with Crippen molar-refractivity contribution >= 4 is 43.2 Å². The third-order valence-corrected chi connectivity index (χ3v) is 7.00. The fourth-order valence-electron chi connectivity index (χ4n) is 4.42. The van der Waals surface area contributed by atoms with Crippen molar-refractivity contribution in [1.29, 1.82) is 0 Å². The Bertz CT molecular complexity index is 1910. The molecule has 0 fully saturated rings. The van der Waals surface area contributed by atoms with Crippen molar-refractivity contribution < 1.29 is 30.9 Å². The van der Waals surface area contributed by atoms with Crippen molar-refractivity contribution in [1.82, 2.24) is 19.5 Å². The minimum absolute atomic E-state index is 0. The first-order valence-corrected chi connectivity index (χ1v) is 12.2.